The van der Waals surface area contributed by atoms with Gasteiger partial charge in [0.05, 0.1) is 18.1 Å². The molecule has 1 aromatic carbocycles. The maximum absolute atomic E-state index is 13.3. The Hall–Kier alpha value is -2.05. The third kappa shape index (κ3) is 4.25. The van der Waals surface area contributed by atoms with Gasteiger partial charge in [-0.25, -0.2) is 4.39 Å². The predicted molar refractivity (Wildman–Crippen MR) is 77.4 cm³/mol. The Balaban J connectivity index is 2.03. The van der Waals surface area contributed by atoms with Gasteiger partial charge in [0.15, 0.2) is 0 Å². The molecule has 0 aliphatic rings. The zero-order chi connectivity index (χ0) is 14.2. The van der Waals surface area contributed by atoms with Crippen LogP contribution in [0.4, 0.5) is 4.39 Å². The summed E-state index contributed by atoms with van der Waals surface area (Å²) in [5, 5.41) is 0. The van der Waals surface area contributed by atoms with Crippen molar-refractivity contribution >= 4 is 11.6 Å². The molecule has 0 spiro atoms. The van der Waals surface area contributed by atoms with Gasteiger partial charge in [-0.2, -0.15) is 0 Å². The predicted octanol–water partition coefficient (Wildman–Crippen LogP) is 3.43. The van der Waals surface area contributed by atoms with Crippen LogP contribution in [0.1, 0.15) is 11.1 Å². The summed E-state index contributed by atoms with van der Waals surface area (Å²) in [7, 11) is 0. The van der Waals surface area contributed by atoms with Crippen LogP contribution in [-0.2, 0) is 6.42 Å². The van der Waals surface area contributed by atoms with Crippen LogP contribution in [-0.4, -0.2) is 17.5 Å². The Labute approximate surface area is 122 Å². The quantitative estimate of drug-likeness (QED) is 0.635. The first-order valence-electron chi connectivity index (χ1n) is 6.15. The Morgan fingerprint density at radius 2 is 2.20 bits per heavy atom. The fraction of sp³-hybridized carbons (Fsp3) is 0.188. The molecule has 20 heavy (non-hydrogen) atoms. The van der Waals surface area contributed by atoms with Gasteiger partial charge in [-0.05, 0) is 23.8 Å². The first-order valence-corrected chi connectivity index (χ1v) is 6.69. The molecule has 0 unspecified atom stereocenters. The van der Waals surface area contributed by atoms with E-state index in [0.717, 1.165) is 5.56 Å². The molecular formula is C16H13ClFNO. The van der Waals surface area contributed by atoms with E-state index < -0.39 is 0 Å². The maximum atomic E-state index is 13.3. The van der Waals surface area contributed by atoms with Crippen LogP contribution >= 0.6 is 11.6 Å². The van der Waals surface area contributed by atoms with E-state index in [-0.39, 0.29) is 11.7 Å². The first-order chi connectivity index (χ1) is 9.79. The second-order valence-corrected chi connectivity index (χ2v) is 4.30. The summed E-state index contributed by atoms with van der Waals surface area (Å²) in [5.74, 6) is 5.90. The molecule has 0 radical (unpaired) electrons. The minimum absolute atomic E-state index is 0.229. The van der Waals surface area contributed by atoms with Crippen LogP contribution in [0.2, 0.25) is 0 Å². The molecule has 2 aromatic rings. The molecule has 0 aliphatic carbocycles. The second-order valence-electron chi connectivity index (χ2n) is 4.04. The number of hydrogen-bond donors (Lipinski definition) is 0. The van der Waals surface area contributed by atoms with Crippen molar-refractivity contribution in [2.75, 3.05) is 12.5 Å². The van der Waals surface area contributed by atoms with Crippen molar-refractivity contribution in [3.8, 4) is 17.6 Å². The van der Waals surface area contributed by atoms with E-state index in [1.54, 1.807) is 18.5 Å². The highest BCUT2D eigenvalue weighted by Gasteiger charge is 2.04. The van der Waals surface area contributed by atoms with E-state index in [4.69, 9.17) is 16.3 Å². The summed E-state index contributed by atoms with van der Waals surface area (Å²) >= 11 is 5.52. The highest BCUT2D eigenvalue weighted by atomic mass is 35.5. The third-order valence-electron chi connectivity index (χ3n) is 2.60. The van der Waals surface area contributed by atoms with Crippen molar-refractivity contribution in [1.29, 1.82) is 0 Å². The molecular weight excluding hydrogens is 277 g/mol. The molecule has 1 heterocycles. The van der Waals surface area contributed by atoms with Crippen molar-refractivity contribution in [2.24, 2.45) is 0 Å². The van der Waals surface area contributed by atoms with Gasteiger partial charge in [0.25, 0.3) is 0 Å². The Morgan fingerprint density at radius 1 is 1.30 bits per heavy atom. The molecule has 2 nitrogen and oxygen atoms in total. The molecule has 1 aromatic heterocycles. The zero-order valence-corrected chi connectivity index (χ0v) is 11.5. The van der Waals surface area contributed by atoms with Gasteiger partial charge >= 0.3 is 0 Å². The van der Waals surface area contributed by atoms with E-state index in [9.17, 15) is 4.39 Å². The van der Waals surface area contributed by atoms with E-state index in [0.29, 0.717) is 24.3 Å². The molecule has 0 saturated heterocycles. The fourth-order valence-electron chi connectivity index (χ4n) is 1.67. The average molecular weight is 290 g/mol. The number of hydrogen-bond acceptors (Lipinski definition) is 2. The number of pyridine rings is 1. The summed E-state index contributed by atoms with van der Waals surface area (Å²) < 4.78 is 18.9. The second kappa shape index (κ2) is 7.52. The van der Waals surface area contributed by atoms with E-state index in [2.05, 4.69) is 16.8 Å². The summed E-state index contributed by atoms with van der Waals surface area (Å²) in [6.07, 6.45) is 4.20. The molecule has 0 bridgehead atoms. The molecule has 2 rings (SSSR count). The van der Waals surface area contributed by atoms with Crippen LogP contribution < -0.4 is 4.74 Å². The third-order valence-corrected chi connectivity index (χ3v) is 2.74. The normalized spacial score (nSPS) is 9.70. The van der Waals surface area contributed by atoms with Gasteiger partial charge in [-0.1, -0.05) is 17.9 Å². The topological polar surface area (TPSA) is 22.1 Å². The van der Waals surface area contributed by atoms with Crippen LogP contribution in [0, 0.1) is 17.7 Å². The van der Waals surface area contributed by atoms with Crippen molar-refractivity contribution in [1.82, 2.24) is 4.98 Å². The van der Waals surface area contributed by atoms with E-state index in [1.165, 1.54) is 12.1 Å². The Morgan fingerprint density at radius 3 is 2.95 bits per heavy atom. The number of aromatic nitrogens is 1. The van der Waals surface area contributed by atoms with E-state index >= 15 is 0 Å². The summed E-state index contributed by atoms with van der Waals surface area (Å²) in [6, 6.07) is 8.12. The van der Waals surface area contributed by atoms with Crippen LogP contribution in [0.25, 0.3) is 0 Å². The summed E-state index contributed by atoms with van der Waals surface area (Å²) in [6.45, 7) is 0.435. The SMILES string of the molecule is Fc1ccc(C#CCCl)c(OCCc2cccnc2)c1. The Bertz CT molecular complexity index is 619. The van der Waals surface area contributed by atoms with Crippen molar-refractivity contribution in [3.05, 3.63) is 59.7 Å². The van der Waals surface area contributed by atoms with Crippen LogP contribution in [0.5, 0.6) is 5.75 Å². The van der Waals surface area contributed by atoms with Crippen LogP contribution in [0.15, 0.2) is 42.7 Å². The maximum Gasteiger partial charge on any atom is 0.137 e. The molecule has 102 valence electrons. The number of halogens is 2. The first kappa shape index (κ1) is 14.4. The average Bonchev–Trinajstić information content (AvgIpc) is 2.47. The molecule has 0 fully saturated rings. The van der Waals surface area contributed by atoms with Crippen molar-refractivity contribution in [2.45, 2.75) is 6.42 Å². The van der Waals surface area contributed by atoms with Crippen LogP contribution in [0.3, 0.4) is 0 Å². The monoisotopic (exact) mass is 289 g/mol. The van der Waals surface area contributed by atoms with Gasteiger partial charge in [-0.15, -0.1) is 11.6 Å². The number of rotatable bonds is 4. The van der Waals surface area contributed by atoms with Gasteiger partial charge in [0.1, 0.15) is 11.6 Å². The molecule has 0 aliphatic heterocycles. The van der Waals surface area contributed by atoms with Gasteiger partial charge in [0.2, 0.25) is 0 Å². The highest BCUT2D eigenvalue weighted by molar-refractivity contribution is 6.19. The number of benzene rings is 1. The largest absolute Gasteiger partial charge is 0.492 e. The standard InChI is InChI=1S/C16H13ClFNO/c17-8-1-4-14-5-6-15(18)11-16(14)20-10-7-13-3-2-9-19-12-13/h2-3,5-6,9,11-12H,7-8,10H2. The molecule has 0 amide bonds. The molecule has 0 saturated carbocycles. The van der Waals surface area contributed by atoms with Gasteiger partial charge < -0.3 is 4.74 Å². The lowest BCUT2D eigenvalue weighted by atomic mass is 10.2. The van der Waals surface area contributed by atoms with Crippen molar-refractivity contribution < 1.29 is 9.13 Å². The minimum atomic E-state index is -0.349. The van der Waals surface area contributed by atoms with E-state index in [1.807, 2.05) is 12.1 Å². The molecule has 0 atom stereocenters. The number of ether oxygens (including phenoxy) is 1. The molecule has 0 N–H and O–H groups in total. The lowest BCUT2D eigenvalue weighted by molar-refractivity contribution is 0.319. The number of nitrogens with zero attached hydrogens (tertiary/aromatic N) is 1. The van der Waals surface area contributed by atoms with Gasteiger partial charge in [-0.3, -0.25) is 4.98 Å². The zero-order valence-electron chi connectivity index (χ0n) is 10.8. The molecule has 4 heteroatoms. The number of alkyl halides is 1. The lowest BCUT2D eigenvalue weighted by Gasteiger charge is -2.08. The van der Waals surface area contributed by atoms with Gasteiger partial charge in [0, 0.05) is 24.9 Å². The Kier molecular flexibility index (Phi) is 5.40. The minimum Gasteiger partial charge on any atom is -0.492 e. The summed E-state index contributed by atoms with van der Waals surface area (Å²) in [5.41, 5.74) is 1.70. The summed E-state index contributed by atoms with van der Waals surface area (Å²) in [4.78, 5) is 4.03. The highest BCUT2D eigenvalue weighted by Crippen LogP contribution is 2.19. The fourth-order valence-corrected chi connectivity index (χ4v) is 1.74. The lowest BCUT2D eigenvalue weighted by Crippen LogP contribution is -2.03. The smallest absolute Gasteiger partial charge is 0.137 e. The van der Waals surface area contributed by atoms with Crippen molar-refractivity contribution in [3.63, 3.8) is 0 Å².